The fraction of sp³-hybridized carbons (Fsp3) is 0.923. The third-order valence-electron chi connectivity index (χ3n) is 4.28. The second kappa shape index (κ2) is 4.94. The van der Waals surface area contributed by atoms with Crippen LogP contribution in [0.2, 0.25) is 0 Å². The maximum Gasteiger partial charge on any atom is 0.323 e. The maximum absolute atomic E-state index is 11.4. The first kappa shape index (κ1) is 12.8. The summed E-state index contributed by atoms with van der Waals surface area (Å²) in [6.45, 7) is 3.85. The number of carboxylic acid groups (broad SMARTS) is 1. The van der Waals surface area contributed by atoms with E-state index < -0.39 is 11.5 Å². The molecule has 98 valence electrons. The van der Waals surface area contributed by atoms with Crippen molar-refractivity contribution in [2.75, 3.05) is 20.1 Å². The molecule has 2 saturated carbocycles. The molecule has 0 aromatic heterocycles. The van der Waals surface area contributed by atoms with Gasteiger partial charge < -0.3 is 15.3 Å². The molecule has 0 spiro atoms. The third kappa shape index (κ3) is 2.80. The van der Waals surface area contributed by atoms with Gasteiger partial charge in [0.1, 0.15) is 5.54 Å². The molecule has 4 heteroatoms. The van der Waals surface area contributed by atoms with Crippen molar-refractivity contribution in [1.29, 1.82) is 0 Å². The molecule has 0 amide bonds. The molecule has 0 bridgehead atoms. The second-order valence-corrected chi connectivity index (χ2v) is 5.70. The first-order valence-electron chi connectivity index (χ1n) is 6.76. The molecule has 2 fully saturated rings. The summed E-state index contributed by atoms with van der Waals surface area (Å²) in [5.41, 5.74) is -0.669. The highest BCUT2D eigenvalue weighted by Gasteiger charge is 2.46. The quantitative estimate of drug-likeness (QED) is 0.735. The standard InChI is InChI=1S/C13H24N2O2/c1-3-14-13(12(16)17)7-6-11(8-13)15(2)9-10-4-5-10/h10-11,14H,3-9H2,1-2H3,(H,16,17). The normalized spacial score (nSPS) is 33.2. The van der Waals surface area contributed by atoms with Crippen LogP contribution in [0.4, 0.5) is 0 Å². The number of likely N-dealkylation sites (N-methyl/N-ethyl adjacent to an activating group) is 1. The summed E-state index contributed by atoms with van der Waals surface area (Å²) >= 11 is 0. The van der Waals surface area contributed by atoms with Gasteiger partial charge in [-0.3, -0.25) is 4.79 Å². The van der Waals surface area contributed by atoms with Crippen LogP contribution in [0.15, 0.2) is 0 Å². The third-order valence-corrected chi connectivity index (χ3v) is 4.28. The van der Waals surface area contributed by atoms with Crippen LogP contribution < -0.4 is 5.32 Å². The zero-order valence-electron chi connectivity index (χ0n) is 10.9. The summed E-state index contributed by atoms with van der Waals surface area (Å²) < 4.78 is 0. The van der Waals surface area contributed by atoms with E-state index in [-0.39, 0.29) is 0 Å². The van der Waals surface area contributed by atoms with Gasteiger partial charge in [-0.25, -0.2) is 0 Å². The van der Waals surface area contributed by atoms with Gasteiger partial charge in [-0.1, -0.05) is 6.92 Å². The Hall–Kier alpha value is -0.610. The zero-order valence-corrected chi connectivity index (χ0v) is 10.9. The van der Waals surface area contributed by atoms with Crippen molar-refractivity contribution in [3.8, 4) is 0 Å². The molecule has 0 radical (unpaired) electrons. The van der Waals surface area contributed by atoms with E-state index in [1.807, 2.05) is 6.92 Å². The van der Waals surface area contributed by atoms with Gasteiger partial charge in [0.25, 0.3) is 0 Å². The van der Waals surface area contributed by atoms with E-state index in [1.54, 1.807) is 0 Å². The van der Waals surface area contributed by atoms with Crippen molar-refractivity contribution < 1.29 is 9.90 Å². The molecule has 17 heavy (non-hydrogen) atoms. The molecule has 2 N–H and O–H groups in total. The molecule has 4 nitrogen and oxygen atoms in total. The number of hydrogen-bond donors (Lipinski definition) is 2. The molecule has 0 aromatic rings. The minimum absolute atomic E-state index is 0.436. The van der Waals surface area contributed by atoms with Crippen LogP contribution in [0, 0.1) is 5.92 Å². The number of aliphatic carboxylic acids is 1. The lowest BCUT2D eigenvalue weighted by Gasteiger charge is -2.28. The van der Waals surface area contributed by atoms with Gasteiger partial charge in [0.05, 0.1) is 0 Å². The van der Waals surface area contributed by atoms with Crippen LogP contribution in [-0.4, -0.2) is 47.7 Å². The van der Waals surface area contributed by atoms with Gasteiger partial charge in [-0.15, -0.1) is 0 Å². The van der Waals surface area contributed by atoms with E-state index in [0.717, 1.165) is 38.3 Å². The molecule has 0 heterocycles. The van der Waals surface area contributed by atoms with Crippen LogP contribution in [0.25, 0.3) is 0 Å². The molecular weight excluding hydrogens is 216 g/mol. The first-order chi connectivity index (χ1) is 8.07. The summed E-state index contributed by atoms with van der Waals surface area (Å²) in [6.07, 6.45) is 5.22. The Morgan fingerprint density at radius 2 is 2.18 bits per heavy atom. The fourth-order valence-corrected chi connectivity index (χ4v) is 3.02. The first-order valence-corrected chi connectivity index (χ1v) is 6.76. The summed E-state index contributed by atoms with van der Waals surface area (Å²) in [7, 11) is 2.15. The second-order valence-electron chi connectivity index (χ2n) is 5.70. The molecule has 2 unspecified atom stereocenters. The Bertz CT molecular complexity index is 291. The van der Waals surface area contributed by atoms with Gasteiger partial charge in [-0.05, 0) is 51.6 Å². The van der Waals surface area contributed by atoms with Crippen LogP contribution in [0.1, 0.15) is 39.0 Å². The predicted octanol–water partition coefficient (Wildman–Crippen LogP) is 1.31. The van der Waals surface area contributed by atoms with Crippen molar-refractivity contribution >= 4 is 5.97 Å². The van der Waals surface area contributed by atoms with Crippen molar-refractivity contribution in [3.05, 3.63) is 0 Å². The van der Waals surface area contributed by atoms with E-state index in [1.165, 1.54) is 12.8 Å². The summed E-state index contributed by atoms with van der Waals surface area (Å²) in [6, 6.07) is 0.436. The number of hydrogen-bond acceptors (Lipinski definition) is 3. The number of nitrogens with zero attached hydrogens (tertiary/aromatic N) is 1. The van der Waals surface area contributed by atoms with Crippen LogP contribution in [0.3, 0.4) is 0 Å². The van der Waals surface area contributed by atoms with Crippen molar-refractivity contribution in [3.63, 3.8) is 0 Å². The highest BCUT2D eigenvalue weighted by atomic mass is 16.4. The summed E-state index contributed by atoms with van der Waals surface area (Å²) in [5, 5.41) is 12.6. The average Bonchev–Trinajstić information content (AvgIpc) is 2.96. The zero-order chi connectivity index (χ0) is 12.5. The molecule has 2 aliphatic carbocycles. The number of carbonyl (C=O) groups is 1. The molecule has 0 saturated heterocycles. The Morgan fingerprint density at radius 3 is 2.71 bits per heavy atom. The Balaban J connectivity index is 1.93. The maximum atomic E-state index is 11.4. The fourth-order valence-electron chi connectivity index (χ4n) is 3.02. The van der Waals surface area contributed by atoms with Gasteiger partial charge in [0.2, 0.25) is 0 Å². The van der Waals surface area contributed by atoms with Gasteiger partial charge >= 0.3 is 5.97 Å². The highest BCUT2D eigenvalue weighted by Crippen LogP contribution is 2.36. The SMILES string of the molecule is CCNC1(C(=O)O)CCC(N(C)CC2CC2)C1. The molecule has 2 aliphatic rings. The minimum Gasteiger partial charge on any atom is -0.480 e. The average molecular weight is 240 g/mol. The Kier molecular flexibility index (Phi) is 3.73. The Labute approximate surface area is 103 Å². The largest absolute Gasteiger partial charge is 0.480 e. The lowest BCUT2D eigenvalue weighted by Crippen LogP contribution is -2.51. The highest BCUT2D eigenvalue weighted by molar-refractivity contribution is 5.79. The van der Waals surface area contributed by atoms with E-state index >= 15 is 0 Å². The molecular formula is C13H24N2O2. The lowest BCUT2D eigenvalue weighted by atomic mass is 9.97. The molecule has 2 atom stereocenters. The van der Waals surface area contributed by atoms with Gasteiger partial charge in [-0.2, -0.15) is 0 Å². The Morgan fingerprint density at radius 1 is 1.47 bits per heavy atom. The lowest BCUT2D eigenvalue weighted by molar-refractivity contribution is -0.144. The molecule has 0 aromatic carbocycles. The van der Waals surface area contributed by atoms with E-state index in [2.05, 4.69) is 17.3 Å². The smallest absolute Gasteiger partial charge is 0.323 e. The van der Waals surface area contributed by atoms with Crippen LogP contribution in [-0.2, 0) is 4.79 Å². The van der Waals surface area contributed by atoms with E-state index in [0.29, 0.717) is 6.04 Å². The minimum atomic E-state index is -0.679. The van der Waals surface area contributed by atoms with Gasteiger partial charge in [0.15, 0.2) is 0 Å². The number of carboxylic acids is 1. The van der Waals surface area contributed by atoms with Crippen molar-refractivity contribution in [2.45, 2.75) is 50.6 Å². The van der Waals surface area contributed by atoms with E-state index in [9.17, 15) is 9.90 Å². The number of nitrogens with one attached hydrogen (secondary N) is 1. The van der Waals surface area contributed by atoms with Crippen LogP contribution in [0.5, 0.6) is 0 Å². The summed E-state index contributed by atoms with van der Waals surface area (Å²) in [5.74, 6) is 0.195. The predicted molar refractivity (Wildman–Crippen MR) is 67.0 cm³/mol. The van der Waals surface area contributed by atoms with Crippen LogP contribution >= 0.6 is 0 Å². The topological polar surface area (TPSA) is 52.6 Å². The summed E-state index contributed by atoms with van der Waals surface area (Å²) in [4.78, 5) is 13.8. The number of rotatable bonds is 6. The monoisotopic (exact) mass is 240 g/mol. The van der Waals surface area contributed by atoms with E-state index in [4.69, 9.17) is 0 Å². The molecule has 0 aliphatic heterocycles. The molecule has 2 rings (SSSR count). The van der Waals surface area contributed by atoms with Crippen molar-refractivity contribution in [1.82, 2.24) is 10.2 Å². The van der Waals surface area contributed by atoms with Gasteiger partial charge in [0, 0.05) is 12.6 Å². The van der Waals surface area contributed by atoms with Crippen molar-refractivity contribution in [2.24, 2.45) is 5.92 Å².